The summed E-state index contributed by atoms with van der Waals surface area (Å²) in [5.41, 5.74) is 1.17. The van der Waals surface area contributed by atoms with Crippen molar-refractivity contribution in [2.75, 3.05) is 27.3 Å². The predicted molar refractivity (Wildman–Crippen MR) is 108 cm³/mol. The quantitative estimate of drug-likeness (QED) is 0.600. The van der Waals surface area contributed by atoms with Gasteiger partial charge in [-0.2, -0.15) is 0 Å². The third kappa shape index (κ3) is 5.78. The van der Waals surface area contributed by atoms with E-state index in [2.05, 4.69) is 36.4 Å². The van der Waals surface area contributed by atoms with Crippen molar-refractivity contribution in [1.29, 1.82) is 0 Å². The standard InChI is InChI=1S/C20H32ClN3O2/c1-20(2,3)18-15(7-6-10-26-18)13-24-19(22-4)23-12-14-8-9-16(21)11-17(14)25-5/h8-9,11,15,18H,6-7,10,12-13H2,1-5H3,(H2,22,23,24). The van der Waals surface area contributed by atoms with E-state index in [-0.39, 0.29) is 11.5 Å². The summed E-state index contributed by atoms with van der Waals surface area (Å²) < 4.78 is 11.5. The van der Waals surface area contributed by atoms with Gasteiger partial charge in [0.05, 0.1) is 13.2 Å². The number of ether oxygens (including phenoxy) is 2. The summed E-state index contributed by atoms with van der Waals surface area (Å²) in [5.74, 6) is 2.03. The molecule has 2 atom stereocenters. The van der Waals surface area contributed by atoms with Crippen molar-refractivity contribution in [3.8, 4) is 5.75 Å². The third-order valence-electron chi connectivity index (χ3n) is 4.75. The van der Waals surface area contributed by atoms with Gasteiger partial charge in [0.2, 0.25) is 0 Å². The Balaban J connectivity index is 1.91. The number of guanidine groups is 1. The van der Waals surface area contributed by atoms with Crippen LogP contribution in [-0.4, -0.2) is 39.4 Å². The molecule has 1 aromatic carbocycles. The molecule has 6 heteroatoms. The van der Waals surface area contributed by atoms with E-state index in [9.17, 15) is 0 Å². The zero-order chi connectivity index (χ0) is 19.2. The van der Waals surface area contributed by atoms with Gasteiger partial charge in [0, 0.05) is 43.2 Å². The number of halogens is 1. The molecule has 5 nitrogen and oxygen atoms in total. The Morgan fingerprint density at radius 3 is 2.77 bits per heavy atom. The molecule has 0 aromatic heterocycles. The van der Waals surface area contributed by atoms with Gasteiger partial charge in [-0.25, -0.2) is 0 Å². The summed E-state index contributed by atoms with van der Waals surface area (Å²) in [6.07, 6.45) is 2.56. The van der Waals surface area contributed by atoms with Gasteiger partial charge in [0.1, 0.15) is 5.75 Å². The SMILES string of the molecule is CN=C(NCc1ccc(Cl)cc1OC)NCC1CCCOC1C(C)(C)C. The van der Waals surface area contributed by atoms with Crippen molar-refractivity contribution < 1.29 is 9.47 Å². The molecule has 0 radical (unpaired) electrons. The molecule has 2 unspecified atom stereocenters. The molecule has 1 aromatic rings. The van der Waals surface area contributed by atoms with E-state index in [1.807, 2.05) is 18.2 Å². The molecule has 0 bridgehead atoms. The summed E-state index contributed by atoms with van der Waals surface area (Å²) in [7, 11) is 3.44. The van der Waals surface area contributed by atoms with E-state index in [1.54, 1.807) is 14.2 Å². The lowest BCUT2D eigenvalue weighted by molar-refractivity contribution is -0.0835. The maximum absolute atomic E-state index is 6.06. The fourth-order valence-corrected chi connectivity index (χ4v) is 3.66. The second-order valence-electron chi connectivity index (χ2n) is 7.82. The van der Waals surface area contributed by atoms with Crippen LogP contribution in [0.5, 0.6) is 5.75 Å². The van der Waals surface area contributed by atoms with Gasteiger partial charge < -0.3 is 20.1 Å². The zero-order valence-electron chi connectivity index (χ0n) is 16.6. The van der Waals surface area contributed by atoms with E-state index < -0.39 is 0 Å². The normalized spacial score (nSPS) is 21.4. The van der Waals surface area contributed by atoms with Crippen LogP contribution in [-0.2, 0) is 11.3 Å². The van der Waals surface area contributed by atoms with Gasteiger partial charge in [0.25, 0.3) is 0 Å². The third-order valence-corrected chi connectivity index (χ3v) is 4.98. The molecule has 0 amide bonds. The molecule has 0 saturated carbocycles. The highest BCUT2D eigenvalue weighted by Gasteiger charge is 2.35. The van der Waals surface area contributed by atoms with Crippen molar-refractivity contribution in [2.45, 2.75) is 46.3 Å². The molecule has 1 saturated heterocycles. The number of hydrogen-bond donors (Lipinski definition) is 2. The molecule has 1 fully saturated rings. The Hall–Kier alpha value is -1.46. The number of rotatable bonds is 5. The fraction of sp³-hybridized carbons (Fsp3) is 0.650. The first kappa shape index (κ1) is 20.8. The van der Waals surface area contributed by atoms with E-state index in [0.29, 0.717) is 17.5 Å². The number of benzene rings is 1. The van der Waals surface area contributed by atoms with Gasteiger partial charge in [-0.15, -0.1) is 0 Å². The molecule has 146 valence electrons. The fourth-order valence-electron chi connectivity index (χ4n) is 3.50. The summed E-state index contributed by atoms with van der Waals surface area (Å²) >= 11 is 6.02. The van der Waals surface area contributed by atoms with E-state index in [0.717, 1.165) is 36.8 Å². The Kier molecular flexibility index (Phi) is 7.59. The highest BCUT2D eigenvalue weighted by molar-refractivity contribution is 6.30. The maximum Gasteiger partial charge on any atom is 0.191 e. The lowest BCUT2D eigenvalue weighted by Gasteiger charge is -2.40. The van der Waals surface area contributed by atoms with Crippen LogP contribution in [0, 0.1) is 11.3 Å². The number of aliphatic imine (C=N–C) groups is 1. The van der Waals surface area contributed by atoms with Crippen LogP contribution in [0.4, 0.5) is 0 Å². The molecule has 26 heavy (non-hydrogen) atoms. The summed E-state index contributed by atoms with van der Waals surface area (Å²) in [6, 6.07) is 5.65. The largest absolute Gasteiger partial charge is 0.496 e. The second-order valence-corrected chi connectivity index (χ2v) is 8.26. The molecule has 2 N–H and O–H groups in total. The topological polar surface area (TPSA) is 54.9 Å². The second kappa shape index (κ2) is 9.47. The van der Waals surface area contributed by atoms with Gasteiger partial charge in [0.15, 0.2) is 5.96 Å². The van der Waals surface area contributed by atoms with Gasteiger partial charge in [-0.05, 0) is 30.4 Å². The van der Waals surface area contributed by atoms with E-state index in [4.69, 9.17) is 21.1 Å². The van der Waals surface area contributed by atoms with Crippen LogP contribution in [0.15, 0.2) is 23.2 Å². The molecular weight excluding hydrogens is 350 g/mol. The summed E-state index contributed by atoms with van der Waals surface area (Å²) in [6.45, 7) is 9.06. The first-order valence-corrected chi connectivity index (χ1v) is 9.61. The molecule has 0 spiro atoms. The lowest BCUT2D eigenvalue weighted by atomic mass is 9.78. The van der Waals surface area contributed by atoms with Crippen LogP contribution in [0.3, 0.4) is 0 Å². The van der Waals surface area contributed by atoms with Crippen molar-refractivity contribution in [2.24, 2.45) is 16.3 Å². The van der Waals surface area contributed by atoms with Crippen molar-refractivity contribution >= 4 is 17.6 Å². The molecule has 0 aliphatic carbocycles. The van der Waals surface area contributed by atoms with Gasteiger partial charge >= 0.3 is 0 Å². The first-order valence-electron chi connectivity index (χ1n) is 9.23. The number of methoxy groups -OCH3 is 1. The van der Waals surface area contributed by atoms with E-state index in [1.165, 1.54) is 6.42 Å². The lowest BCUT2D eigenvalue weighted by Crippen LogP contribution is -2.47. The summed E-state index contributed by atoms with van der Waals surface area (Å²) in [4.78, 5) is 4.33. The van der Waals surface area contributed by atoms with Crippen LogP contribution in [0.2, 0.25) is 5.02 Å². The van der Waals surface area contributed by atoms with Crippen molar-refractivity contribution in [1.82, 2.24) is 10.6 Å². The average molecular weight is 382 g/mol. The van der Waals surface area contributed by atoms with E-state index >= 15 is 0 Å². The number of hydrogen-bond acceptors (Lipinski definition) is 3. The minimum atomic E-state index is 0.139. The molecular formula is C20H32ClN3O2. The molecule has 1 aliphatic heterocycles. The Bertz CT molecular complexity index is 614. The Labute approximate surface area is 162 Å². The summed E-state index contributed by atoms with van der Waals surface area (Å²) in [5, 5.41) is 7.47. The Morgan fingerprint density at radius 1 is 1.35 bits per heavy atom. The molecule has 1 aliphatic rings. The molecule has 1 heterocycles. The number of nitrogens with one attached hydrogen (secondary N) is 2. The minimum absolute atomic E-state index is 0.139. The van der Waals surface area contributed by atoms with Gasteiger partial charge in [-0.1, -0.05) is 38.4 Å². The van der Waals surface area contributed by atoms with Crippen molar-refractivity contribution in [3.05, 3.63) is 28.8 Å². The first-order chi connectivity index (χ1) is 12.3. The highest BCUT2D eigenvalue weighted by atomic mass is 35.5. The molecule has 2 rings (SSSR count). The zero-order valence-corrected chi connectivity index (χ0v) is 17.3. The predicted octanol–water partition coefficient (Wildman–Crippen LogP) is 3.85. The monoisotopic (exact) mass is 381 g/mol. The highest BCUT2D eigenvalue weighted by Crippen LogP contribution is 2.33. The van der Waals surface area contributed by atoms with Crippen LogP contribution in [0.25, 0.3) is 0 Å². The van der Waals surface area contributed by atoms with Crippen molar-refractivity contribution in [3.63, 3.8) is 0 Å². The number of nitrogens with zero attached hydrogens (tertiary/aromatic N) is 1. The van der Waals surface area contributed by atoms with Gasteiger partial charge in [-0.3, -0.25) is 4.99 Å². The smallest absolute Gasteiger partial charge is 0.191 e. The van der Waals surface area contributed by atoms with Crippen LogP contribution in [0.1, 0.15) is 39.2 Å². The maximum atomic E-state index is 6.06. The Morgan fingerprint density at radius 2 is 2.12 bits per heavy atom. The van der Waals surface area contributed by atoms with Crippen LogP contribution >= 0.6 is 11.6 Å². The minimum Gasteiger partial charge on any atom is -0.496 e. The average Bonchev–Trinajstić information content (AvgIpc) is 2.62. The van der Waals surface area contributed by atoms with Crippen LogP contribution < -0.4 is 15.4 Å².